The van der Waals surface area contributed by atoms with Crippen molar-refractivity contribution >= 4 is 15.8 Å². The van der Waals surface area contributed by atoms with Gasteiger partial charge in [-0.25, -0.2) is 18.1 Å². The fourth-order valence-electron chi connectivity index (χ4n) is 3.91. The van der Waals surface area contributed by atoms with E-state index in [0.717, 1.165) is 48.1 Å². The molecule has 1 saturated carbocycles. The Balaban J connectivity index is 1.67. The molecule has 0 radical (unpaired) electrons. The fraction of sp³-hybridized carbons (Fsp3) is 0.364. The van der Waals surface area contributed by atoms with Gasteiger partial charge in [0.1, 0.15) is 5.82 Å². The van der Waals surface area contributed by atoms with Gasteiger partial charge in [0.15, 0.2) is 5.76 Å². The maximum atomic E-state index is 13.0. The van der Waals surface area contributed by atoms with Crippen molar-refractivity contribution in [3.63, 3.8) is 0 Å². The first kappa shape index (κ1) is 21.5. The minimum atomic E-state index is -3.66. The predicted molar refractivity (Wildman–Crippen MR) is 120 cm³/mol. The highest BCUT2D eigenvalue weighted by molar-refractivity contribution is 7.89. The van der Waals surface area contributed by atoms with Crippen molar-refractivity contribution in [2.45, 2.75) is 56.5 Å². The van der Waals surface area contributed by atoms with Crippen LogP contribution >= 0.6 is 0 Å². The molecule has 4 rings (SSSR count). The molecule has 1 aliphatic rings. The second-order valence-corrected chi connectivity index (χ2v) is 9.91. The number of nitrogens with zero attached hydrogens (tertiary/aromatic N) is 2. The summed E-state index contributed by atoms with van der Waals surface area (Å²) in [5.74, 6) is 0.835. The van der Waals surface area contributed by atoms with Gasteiger partial charge in [0, 0.05) is 29.9 Å². The number of aromatic nitrogens is 2. The van der Waals surface area contributed by atoms with Crippen LogP contribution in [0.5, 0.6) is 0 Å². The molecule has 1 aromatic carbocycles. The summed E-state index contributed by atoms with van der Waals surface area (Å²) < 4.78 is 34.2. The van der Waals surface area contributed by atoms with Gasteiger partial charge in [-0.2, -0.15) is 0 Å². The third-order valence-corrected chi connectivity index (χ3v) is 7.25. The normalized spacial score (nSPS) is 19.5. The van der Waals surface area contributed by atoms with Crippen molar-refractivity contribution in [2.24, 2.45) is 5.73 Å². The lowest BCUT2D eigenvalue weighted by Crippen LogP contribution is -2.40. The number of sulfonamides is 1. The van der Waals surface area contributed by atoms with Gasteiger partial charge >= 0.3 is 0 Å². The molecule has 0 unspecified atom stereocenters. The van der Waals surface area contributed by atoms with Gasteiger partial charge < -0.3 is 16.0 Å². The molecule has 0 spiro atoms. The van der Waals surface area contributed by atoms with E-state index in [1.54, 1.807) is 30.5 Å². The van der Waals surface area contributed by atoms with Crippen LogP contribution in [0.25, 0.3) is 22.5 Å². The highest BCUT2D eigenvalue weighted by Crippen LogP contribution is 2.32. The van der Waals surface area contributed by atoms with E-state index >= 15 is 0 Å². The van der Waals surface area contributed by atoms with E-state index in [4.69, 9.17) is 16.0 Å². The summed E-state index contributed by atoms with van der Waals surface area (Å²) in [6, 6.07) is 8.80. The Morgan fingerprint density at radius 3 is 2.48 bits per heavy atom. The van der Waals surface area contributed by atoms with Crippen molar-refractivity contribution in [3.05, 3.63) is 47.8 Å². The van der Waals surface area contributed by atoms with Crippen molar-refractivity contribution < 1.29 is 12.9 Å². The molecule has 5 N–H and O–H groups in total. The van der Waals surface area contributed by atoms with Crippen LogP contribution < -0.4 is 16.2 Å². The Hall–Kier alpha value is -2.75. The molecule has 2 aromatic heterocycles. The van der Waals surface area contributed by atoms with Crippen LogP contribution in [0.3, 0.4) is 0 Å². The SMILES string of the molecule is Cc1cc(-c2cc(-c3cc(S(=O)(=O)NC4CCC(N)CC4)ccc3C)cnc2N)on1. The van der Waals surface area contributed by atoms with Crippen LogP contribution in [0.15, 0.2) is 45.9 Å². The van der Waals surface area contributed by atoms with Gasteiger partial charge in [0.05, 0.1) is 16.2 Å². The Kier molecular flexibility index (Phi) is 5.83. The van der Waals surface area contributed by atoms with Crippen molar-refractivity contribution in [3.8, 4) is 22.5 Å². The molecule has 0 bridgehead atoms. The van der Waals surface area contributed by atoms with Crippen LogP contribution in [0.4, 0.5) is 5.82 Å². The standard InChI is InChI=1S/C22H27N5O3S/c1-13-3-8-18(31(28,29)27-17-6-4-16(23)5-7-17)11-19(13)15-10-20(22(24)25-12-15)21-9-14(2)26-30-21/h3,8-12,16-17,27H,4-7,23H2,1-2H3,(H2,24,25). The van der Waals surface area contributed by atoms with Crippen LogP contribution in [-0.2, 0) is 10.0 Å². The maximum Gasteiger partial charge on any atom is 0.240 e. The number of aryl methyl sites for hydroxylation is 2. The molecule has 8 nitrogen and oxygen atoms in total. The number of hydrogen-bond donors (Lipinski definition) is 3. The van der Waals surface area contributed by atoms with E-state index in [-0.39, 0.29) is 17.0 Å². The van der Waals surface area contributed by atoms with E-state index < -0.39 is 10.0 Å². The number of pyridine rings is 1. The van der Waals surface area contributed by atoms with Crippen molar-refractivity contribution in [1.29, 1.82) is 0 Å². The number of rotatable bonds is 5. The highest BCUT2D eigenvalue weighted by Gasteiger charge is 2.25. The summed E-state index contributed by atoms with van der Waals surface area (Å²) in [6.45, 7) is 3.75. The smallest absolute Gasteiger partial charge is 0.240 e. The first-order valence-corrected chi connectivity index (χ1v) is 11.8. The number of nitrogens with one attached hydrogen (secondary N) is 1. The monoisotopic (exact) mass is 441 g/mol. The number of benzene rings is 1. The largest absolute Gasteiger partial charge is 0.383 e. The quantitative estimate of drug-likeness (QED) is 0.553. The van der Waals surface area contributed by atoms with Gasteiger partial charge in [-0.15, -0.1) is 0 Å². The molecule has 164 valence electrons. The summed E-state index contributed by atoms with van der Waals surface area (Å²) in [5, 5.41) is 3.91. The van der Waals surface area contributed by atoms with E-state index in [1.165, 1.54) is 0 Å². The third-order valence-electron chi connectivity index (χ3n) is 5.74. The average Bonchev–Trinajstić information content (AvgIpc) is 3.16. The molecule has 31 heavy (non-hydrogen) atoms. The number of nitrogens with two attached hydrogens (primary N) is 2. The Bertz CT molecular complexity index is 1200. The number of nitrogen functional groups attached to an aromatic ring is 1. The molecular formula is C22H27N5O3S. The number of anilines is 1. The molecule has 0 aliphatic heterocycles. The highest BCUT2D eigenvalue weighted by atomic mass is 32.2. The van der Waals surface area contributed by atoms with Gasteiger partial charge in [-0.1, -0.05) is 11.2 Å². The third kappa shape index (κ3) is 4.63. The topological polar surface area (TPSA) is 137 Å². The Morgan fingerprint density at radius 2 is 1.81 bits per heavy atom. The molecule has 9 heteroatoms. The zero-order valence-electron chi connectivity index (χ0n) is 17.6. The molecule has 0 amide bonds. The molecule has 2 heterocycles. The average molecular weight is 442 g/mol. The van der Waals surface area contributed by atoms with Crippen LogP contribution in [0, 0.1) is 13.8 Å². The summed E-state index contributed by atoms with van der Waals surface area (Å²) in [5.41, 5.74) is 15.8. The molecule has 1 aliphatic carbocycles. The van der Waals surface area contributed by atoms with Crippen molar-refractivity contribution in [2.75, 3.05) is 5.73 Å². The summed E-state index contributed by atoms with van der Waals surface area (Å²) in [4.78, 5) is 4.51. The molecule has 1 fully saturated rings. The van der Waals surface area contributed by atoms with E-state index in [9.17, 15) is 8.42 Å². The van der Waals surface area contributed by atoms with Crippen molar-refractivity contribution in [1.82, 2.24) is 14.9 Å². The predicted octanol–water partition coefficient (Wildman–Crippen LogP) is 3.15. The van der Waals surface area contributed by atoms with E-state index in [1.807, 2.05) is 19.9 Å². The molecule has 0 saturated heterocycles. The number of hydrogen-bond acceptors (Lipinski definition) is 7. The van der Waals surface area contributed by atoms with Crippen LogP contribution in [-0.4, -0.2) is 30.6 Å². The Labute approximate surface area is 182 Å². The summed E-state index contributed by atoms with van der Waals surface area (Å²) in [6.07, 6.45) is 4.79. The molecular weight excluding hydrogens is 414 g/mol. The van der Waals surface area contributed by atoms with Crippen LogP contribution in [0.2, 0.25) is 0 Å². The first-order chi connectivity index (χ1) is 14.7. The van der Waals surface area contributed by atoms with E-state index in [2.05, 4.69) is 14.9 Å². The second kappa shape index (κ2) is 8.41. The van der Waals surface area contributed by atoms with Gasteiger partial charge in [-0.05, 0) is 68.9 Å². The lowest BCUT2D eigenvalue weighted by atomic mass is 9.93. The van der Waals surface area contributed by atoms with Gasteiger partial charge in [-0.3, -0.25) is 0 Å². The first-order valence-electron chi connectivity index (χ1n) is 10.3. The minimum absolute atomic E-state index is 0.0889. The van der Waals surface area contributed by atoms with Gasteiger partial charge in [0.25, 0.3) is 0 Å². The lowest BCUT2D eigenvalue weighted by molar-refractivity contribution is 0.373. The maximum absolute atomic E-state index is 13.0. The fourth-order valence-corrected chi connectivity index (χ4v) is 5.25. The Morgan fingerprint density at radius 1 is 1.06 bits per heavy atom. The molecule has 3 aromatic rings. The van der Waals surface area contributed by atoms with Crippen LogP contribution in [0.1, 0.15) is 36.9 Å². The zero-order chi connectivity index (χ0) is 22.2. The van der Waals surface area contributed by atoms with Gasteiger partial charge in [0.2, 0.25) is 10.0 Å². The molecule has 0 atom stereocenters. The lowest BCUT2D eigenvalue weighted by Gasteiger charge is -2.26. The summed E-state index contributed by atoms with van der Waals surface area (Å²) >= 11 is 0. The second-order valence-electron chi connectivity index (χ2n) is 8.20. The summed E-state index contributed by atoms with van der Waals surface area (Å²) in [7, 11) is -3.66. The van der Waals surface area contributed by atoms with E-state index in [0.29, 0.717) is 17.1 Å². The zero-order valence-corrected chi connectivity index (χ0v) is 18.4. The minimum Gasteiger partial charge on any atom is -0.383 e.